The number of phenolic OH excluding ortho intramolecular Hbond substituents is 1. The molecular weight excluding hydrogens is 500 g/mol. The van der Waals surface area contributed by atoms with Crippen molar-refractivity contribution in [1.82, 2.24) is 0 Å². The fourth-order valence-corrected chi connectivity index (χ4v) is 4.13. The molecule has 0 aromatic heterocycles. The summed E-state index contributed by atoms with van der Waals surface area (Å²) in [6.07, 6.45) is 4.47. The van der Waals surface area contributed by atoms with E-state index in [4.69, 9.17) is 0 Å². The van der Waals surface area contributed by atoms with E-state index in [-0.39, 0.29) is 22.0 Å². The van der Waals surface area contributed by atoms with E-state index in [0.29, 0.717) is 25.7 Å². The second-order valence-electron chi connectivity index (χ2n) is 5.64. The van der Waals surface area contributed by atoms with Crippen molar-refractivity contribution in [3.05, 3.63) is 86.3 Å². The number of benzene rings is 2. The van der Waals surface area contributed by atoms with Crippen LogP contribution in [0.5, 0.6) is 5.75 Å². The Balaban J connectivity index is 2.40. The summed E-state index contributed by atoms with van der Waals surface area (Å²) >= 11 is 6.43. The van der Waals surface area contributed by atoms with Crippen molar-refractivity contribution in [2.75, 3.05) is 0 Å². The number of ketones is 1. The van der Waals surface area contributed by atoms with Gasteiger partial charge in [-0.2, -0.15) is 0 Å². The van der Waals surface area contributed by atoms with Gasteiger partial charge in [0, 0.05) is 5.56 Å². The molecule has 27 heavy (non-hydrogen) atoms. The number of hydrogen-bond acceptors (Lipinski definition) is 5. The first kappa shape index (κ1) is 19.8. The molecule has 0 spiro atoms. The van der Waals surface area contributed by atoms with E-state index in [0.717, 1.165) is 0 Å². The molecule has 1 aliphatic rings. The number of phenols is 1. The number of aromatic hydroxyl groups is 1. The Morgan fingerprint density at radius 2 is 1.74 bits per heavy atom. The first-order valence-electron chi connectivity index (χ1n) is 7.56. The van der Waals surface area contributed by atoms with Crippen LogP contribution >= 0.6 is 31.9 Å². The molecule has 5 nitrogen and oxygen atoms in total. The SMILES string of the molecule is O=C1C=CC(=C(c2ccc(O)c(Br)c2)c2ccccc2S(=O)(=O)[O-])C=C1Br. The standard InChI is InChI=1S/C19H12Br2O5S/c20-14-9-11(5-7-16(14)22)19(12-6-8-17(23)15(21)10-12)13-3-1-2-4-18(13)27(24,25)26/h1-10,22H,(H,24,25,26)/p-1. The molecule has 0 atom stereocenters. The van der Waals surface area contributed by atoms with Crippen molar-refractivity contribution in [3.8, 4) is 5.75 Å². The van der Waals surface area contributed by atoms with Gasteiger partial charge in [0.1, 0.15) is 15.9 Å². The maximum atomic E-state index is 11.8. The molecule has 0 amide bonds. The fraction of sp³-hybridized carbons (Fsp3) is 0. The highest BCUT2D eigenvalue weighted by Gasteiger charge is 2.19. The minimum Gasteiger partial charge on any atom is -0.744 e. The summed E-state index contributed by atoms with van der Waals surface area (Å²) < 4.78 is 36.1. The lowest BCUT2D eigenvalue weighted by Crippen LogP contribution is -2.06. The Hall–Kier alpha value is -2.00. The minimum absolute atomic E-state index is 0.0129. The largest absolute Gasteiger partial charge is 0.744 e. The van der Waals surface area contributed by atoms with E-state index < -0.39 is 10.1 Å². The van der Waals surface area contributed by atoms with Gasteiger partial charge in [0.15, 0.2) is 5.78 Å². The average Bonchev–Trinajstić information content (AvgIpc) is 2.61. The van der Waals surface area contributed by atoms with Crippen LogP contribution in [0.2, 0.25) is 0 Å². The molecule has 2 aromatic rings. The first-order chi connectivity index (χ1) is 12.7. The summed E-state index contributed by atoms with van der Waals surface area (Å²) in [5, 5.41) is 9.78. The van der Waals surface area contributed by atoms with Crippen molar-refractivity contribution < 1.29 is 22.9 Å². The number of carbonyl (C=O) groups excluding carboxylic acids is 1. The molecule has 0 heterocycles. The highest BCUT2D eigenvalue weighted by Crippen LogP contribution is 2.37. The Morgan fingerprint density at radius 3 is 2.37 bits per heavy atom. The molecule has 0 unspecified atom stereocenters. The molecule has 8 heteroatoms. The van der Waals surface area contributed by atoms with E-state index in [1.54, 1.807) is 30.4 Å². The van der Waals surface area contributed by atoms with Gasteiger partial charge in [-0.25, -0.2) is 8.42 Å². The summed E-state index contributed by atoms with van der Waals surface area (Å²) in [4.78, 5) is 11.4. The zero-order chi connectivity index (χ0) is 19.8. The van der Waals surface area contributed by atoms with E-state index in [2.05, 4.69) is 31.9 Å². The molecule has 2 aromatic carbocycles. The molecule has 138 valence electrons. The summed E-state index contributed by atoms with van der Waals surface area (Å²) in [7, 11) is -4.74. The average molecular weight is 511 g/mol. The summed E-state index contributed by atoms with van der Waals surface area (Å²) in [5.74, 6) is -0.214. The topological polar surface area (TPSA) is 94.5 Å². The molecule has 0 radical (unpaired) electrons. The summed E-state index contributed by atoms with van der Waals surface area (Å²) in [6, 6.07) is 10.5. The third-order valence-electron chi connectivity index (χ3n) is 3.88. The van der Waals surface area contributed by atoms with Crippen LogP contribution in [0.3, 0.4) is 0 Å². The molecule has 0 bridgehead atoms. The number of halogens is 2. The maximum Gasteiger partial charge on any atom is 0.192 e. The van der Waals surface area contributed by atoms with Crippen molar-refractivity contribution >= 4 is 53.3 Å². The third kappa shape index (κ3) is 4.14. The zero-order valence-electron chi connectivity index (χ0n) is 13.5. The van der Waals surface area contributed by atoms with E-state index in [1.165, 1.54) is 30.3 Å². The van der Waals surface area contributed by atoms with Crippen molar-refractivity contribution in [2.24, 2.45) is 0 Å². The molecule has 1 aliphatic carbocycles. The Kier molecular flexibility index (Phi) is 5.53. The van der Waals surface area contributed by atoms with Crippen LogP contribution in [0, 0.1) is 0 Å². The lowest BCUT2D eigenvalue weighted by molar-refractivity contribution is -0.110. The van der Waals surface area contributed by atoms with Gasteiger partial charge in [-0.1, -0.05) is 30.3 Å². The number of hydrogen-bond donors (Lipinski definition) is 1. The maximum absolute atomic E-state index is 11.8. The predicted octanol–water partition coefficient (Wildman–Crippen LogP) is 4.28. The third-order valence-corrected chi connectivity index (χ3v) is 6.03. The predicted molar refractivity (Wildman–Crippen MR) is 107 cm³/mol. The second-order valence-corrected chi connectivity index (χ2v) is 8.69. The van der Waals surface area contributed by atoms with Gasteiger partial charge in [-0.15, -0.1) is 0 Å². The van der Waals surface area contributed by atoms with Gasteiger partial charge in [0.25, 0.3) is 0 Å². The molecule has 1 N–H and O–H groups in total. The second kappa shape index (κ2) is 7.55. The number of rotatable bonds is 3. The van der Waals surface area contributed by atoms with Crippen LogP contribution in [0.25, 0.3) is 5.57 Å². The van der Waals surface area contributed by atoms with Gasteiger partial charge in [-0.05, 0) is 78.9 Å². The molecule has 0 saturated heterocycles. The first-order valence-corrected chi connectivity index (χ1v) is 10.6. The molecular formula is C19H11Br2O5S-. The quantitative estimate of drug-likeness (QED) is 0.622. The normalized spacial score (nSPS) is 16.3. The zero-order valence-corrected chi connectivity index (χ0v) is 17.5. The van der Waals surface area contributed by atoms with E-state index in [9.17, 15) is 22.9 Å². The van der Waals surface area contributed by atoms with Gasteiger partial charge in [-0.3, -0.25) is 4.79 Å². The van der Waals surface area contributed by atoms with Crippen molar-refractivity contribution in [2.45, 2.75) is 4.90 Å². The fourth-order valence-electron chi connectivity index (χ4n) is 2.69. The lowest BCUT2D eigenvalue weighted by Gasteiger charge is -2.19. The van der Waals surface area contributed by atoms with Crippen LogP contribution < -0.4 is 0 Å². The van der Waals surface area contributed by atoms with Gasteiger partial charge in [0.05, 0.1) is 13.9 Å². The van der Waals surface area contributed by atoms with Crippen LogP contribution in [-0.2, 0) is 14.9 Å². The minimum atomic E-state index is -4.74. The smallest absolute Gasteiger partial charge is 0.192 e. The van der Waals surface area contributed by atoms with Crippen LogP contribution in [-0.4, -0.2) is 23.9 Å². The Bertz CT molecular complexity index is 1140. The van der Waals surface area contributed by atoms with Gasteiger partial charge < -0.3 is 9.66 Å². The number of allylic oxidation sites excluding steroid dienone is 5. The highest BCUT2D eigenvalue weighted by atomic mass is 79.9. The Labute approximate surface area is 172 Å². The van der Waals surface area contributed by atoms with E-state index >= 15 is 0 Å². The number of carbonyl (C=O) groups is 1. The van der Waals surface area contributed by atoms with Crippen molar-refractivity contribution in [1.29, 1.82) is 0 Å². The summed E-state index contributed by atoms with van der Waals surface area (Å²) in [6.45, 7) is 0. The summed E-state index contributed by atoms with van der Waals surface area (Å²) in [5.41, 5.74) is 1.73. The van der Waals surface area contributed by atoms with Crippen molar-refractivity contribution in [3.63, 3.8) is 0 Å². The van der Waals surface area contributed by atoms with Gasteiger partial charge in [0.2, 0.25) is 0 Å². The molecule has 0 saturated carbocycles. The highest BCUT2D eigenvalue weighted by molar-refractivity contribution is 9.12. The van der Waals surface area contributed by atoms with Crippen LogP contribution in [0.1, 0.15) is 11.1 Å². The van der Waals surface area contributed by atoms with Crippen LogP contribution in [0.15, 0.2) is 80.1 Å². The lowest BCUT2D eigenvalue weighted by atomic mass is 9.91. The molecule has 0 aliphatic heterocycles. The van der Waals surface area contributed by atoms with Gasteiger partial charge >= 0.3 is 0 Å². The Morgan fingerprint density at radius 1 is 1.04 bits per heavy atom. The van der Waals surface area contributed by atoms with Crippen LogP contribution in [0.4, 0.5) is 0 Å². The molecule has 0 fully saturated rings. The monoisotopic (exact) mass is 509 g/mol. The molecule has 3 rings (SSSR count). The van der Waals surface area contributed by atoms with E-state index in [1.807, 2.05) is 0 Å².